The zero-order valence-electron chi connectivity index (χ0n) is 18.1. The minimum atomic E-state index is -3.56. The van der Waals surface area contributed by atoms with Gasteiger partial charge in [0.25, 0.3) is 0 Å². The average molecular weight is 443 g/mol. The lowest BCUT2D eigenvalue weighted by atomic mass is 9.96. The third-order valence-electron chi connectivity index (χ3n) is 6.50. The number of hydrogen-bond donors (Lipinski definition) is 1. The summed E-state index contributed by atoms with van der Waals surface area (Å²) in [6, 6.07) is 12.9. The summed E-state index contributed by atoms with van der Waals surface area (Å²) in [6.45, 7) is 2.71. The fraction of sp³-hybridized carbons (Fsp3) is 0.458. The van der Waals surface area contributed by atoms with E-state index in [1.54, 1.807) is 31.4 Å². The molecular weight excluding hydrogens is 412 g/mol. The van der Waals surface area contributed by atoms with Crippen LogP contribution in [0.25, 0.3) is 0 Å². The molecule has 0 saturated carbocycles. The van der Waals surface area contributed by atoms with E-state index in [1.165, 1.54) is 21.9 Å². The van der Waals surface area contributed by atoms with Gasteiger partial charge in [-0.1, -0.05) is 18.2 Å². The van der Waals surface area contributed by atoms with E-state index in [0.29, 0.717) is 31.7 Å². The molecule has 1 amide bonds. The monoisotopic (exact) mass is 442 g/mol. The van der Waals surface area contributed by atoms with Crippen LogP contribution in [0.4, 0.5) is 0 Å². The summed E-state index contributed by atoms with van der Waals surface area (Å²) in [5.74, 6) is 0.459. The van der Waals surface area contributed by atoms with Gasteiger partial charge in [0.15, 0.2) is 0 Å². The Labute approximate surface area is 184 Å². The maximum atomic E-state index is 12.9. The van der Waals surface area contributed by atoms with Gasteiger partial charge in [0.05, 0.1) is 18.0 Å². The van der Waals surface area contributed by atoms with Crippen LogP contribution < -0.4 is 10.1 Å². The second-order valence-electron chi connectivity index (χ2n) is 8.47. The molecule has 0 bridgehead atoms. The molecule has 1 heterocycles. The molecule has 1 aliphatic heterocycles. The normalized spacial score (nSPS) is 18.4. The lowest BCUT2D eigenvalue weighted by Gasteiger charge is -2.31. The van der Waals surface area contributed by atoms with Crippen LogP contribution in [0, 0.1) is 5.92 Å². The Kier molecular flexibility index (Phi) is 6.34. The number of carbonyl (C=O) groups excluding carboxylic acids is 1. The van der Waals surface area contributed by atoms with Crippen molar-refractivity contribution in [1.29, 1.82) is 0 Å². The molecular formula is C24H30N2O4S. The lowest BCUT2D eigenvalue weighted by molar-refractivity contribution is -0.126. The number of piperidine rings is 1. The van der Waals surface area contributed by atoms with Crippen LogP contribution in [0.3, 0.4) is 0 Å². The Morgan fingerprint density at radius 1 is 1.06 bits per heavy atom. The van der Waals surface area contributed by atoms with E-state index in [0.717, 1.165) is 18.4 Å². The number of carbonyl (C=O) groups is 1. The number of sulfonamides is 1. The number of benzene rings is 2. The molecule has 1 aliphatic carbocycles. The number of rotatable bonds is 6. The zero-order valence-corrected chi connectivity index (χ0v) is 19.0. The number of ether oxygens (including phenoxy) is 1. The molecule has 6 nitrogen and oxygen atoms in total. The fourth-order valence-corrected chi connectivity index (χ4v) is 6.00. The van der Waals surface area contributed by atoms with Crippen LogP contribution in [-0.4, -0.2) is 38.8 Å². The smallest absolute Gasteiger partial charge is 0.243 e. The molecule has 1 unspecified atom stereocenters. The van der Waals surface area contributed by atoms with Gasteiger partial charge in [-0.25, -0.2) is 8.42 Å². The van der Waals surface area contributed by atoms with E-state index in [-0.39, 0.29) is 22.8 Å². The predicted octanol–water partition coefficient (Wildman–Crippen LogP) is 3.46. The van der Waals surface area contributed by atoms with Crippen molar-refractivity contribution in [1.82, 2.24) is 9.62 Å². The second-order valence-corrected chi connectivity index (χ2v) is 10.4. The molecule has 1 fully saturated rings. The highest BCUT2D eigenvalue weighted by Gasteiger charge is 2.32. The van der Waals surface area contributed by atoms with Crippen LogP contribution in [0.5, 0.6) is 5.75 Å². The Balaban J connectivity index is 1.34. The summed E-state index contributed by atoms with van der Waals surface area (Å²) in [5.41, 5.74) is 3.96. The number of methoxy groups -OCH3 is 1. The van der Waals surface area contributed by atoms with Crippen LogP contribution in [-0.2, 0) is 27.7 Å². The molecule has 0 spiro atoms. The predicted molar refractivity (Wildman–Crippen MR) is 120 cm³/mol. The molecule has 2 aromatic carbocycles. The van der Waals surface area contributed by atoms with E-state index in [2.05, 4.69) is 23.5 Å². The van der Waals surface area contributed by atoms with Crippen molar-refractivity contribution in [2.24, 2.45) is 5.92 Å². The molecule has 1 N–H and O–H groups in total. The van der Waals surface area contributed by atoms with E-state index in [9.17, 15) is 13.2 Å². The molecule has 2 aliphatic rings. The van der Waals surface area contributed by atoms with Crippen molar-refractivity contribution >= 4 is 15.9 Å². The number of nitrogens with zero attached hydrogens (tertiary/aromatic N) is 1. The quantitative estimate of drug-likeness (QED) is 0.743. The van der Waals surface area contributed by atoms with Gasteiger partial charge in [-0.05, 0) is 80.0 Å². The number of nitrogens with one attached hydrogen (secondary N) is 1. The summed E-state index contributed by atoms with van der Waals surface area (Å²) in [4.78, 5) is 13.1. The van der Waals surface area contributed by atoms with E-state index >= 15 is 0 Å². The summed E-state index contributed by atoms with van der Waals surface area (Å²) >= 11 is 0. The van der Waals surface area contributed by atoms with Crippen molar-refractivity contribution in [3.05, 3.63) is 59.2 Å². The maximum absolute atomic E-state index is 12.9. The molecule has 0 aromatic heterocycles. The first-order valence-corrected chi connectivity index (χ1v) is 12.4. The van der Waals surface area contributed by atoms with Crippen molar-refractivity contribution in [2.75, 3.05) is 20.2 Å². The summed E-state index contributed by atoms with van der Waals surface area (Å²) in [7, 11) is -2.02. The summed E-state index contributed by atoms with van der Waals surface area (Å²) < 4.78 is 32.4. The van der Waals surface area contributed by atoms with Gasteiger partial charge in [0.2, 0.25) is 15.9 Å². The Hall–Kier alpha value is -2.38. The molecule has 1 atom stereocenters. The van der Waals surface area contributed by atoms with Crippen LogP contribution in [0.15, 0.2) is 47.4 Å². The lowest BCUT2D eigenvalue weighted by Crippen LogP contribution is -2.43. The van der Waals surface area contributed by atoms with Crippen LogP contribution >= 0.6 is 0 Å². The third kappa shape index (κ3) is 4.62. The molecule has 166 valence electrons. The van der Waals surface area contributed by atoms with Crippen molar-refractivity contribution in [3.8, 4) is 5.75 Å². The number of amides is 1. The number of fused-ring (bicyclic) bond motifs is 1. The first kappa shape index (κ1) is 21.8. The van der Waals surface area contributed by atoms with Gasteiger partial charge < -0.3 is 10.1 Å². The van der Waals surface area contributed by atoms with Crippen molar-refractivity contribution in [3.63, 3.8) is 0 Å². The maximum Gasteiger partial charge on any atom is 0.243 e. The molecule has 2 aromatic rings. The fourth-order valence-electron chi connectivity index (χ4n) is 4.53. The van der Waals surface area contributed by atoms with Gasteiger partial charge in [-0.2, -0.15) is 4.31 Å². The first-order chi connectivity index (χ1) is 14.9. The molecule has 0 radical (unpaired) electrons. The van der Waals surface area contributed by atoms with Crippen LogP contribution in [0.2, 0.25) is 0 Å². The van der Waals surface area contributed by atoms with E-state index in [4.69, 9.17) is 4.74 Å². The topological polar surface area (TPSA) is 75.7 Å². The minimum Gasteiger partial charge on any atom is -0.497 e. The van der Waals surface area contributed by atoms with Gasteiger partial charge in [-0.15, -0.1) is 0 Å². The van der Waals surface area contributed by atoms with E-state index in [1.807, 2.05) is 6.92 Å². The molecule has 4 rings (SSSR count). The zero-order chi connectivity index (χ0) is 22.0. The highest BCUT2D eigenvalue weighted by molar-refractivity contribution is 7.89. The van der Waals surface area contributed by atoms with Crippen molar-refractivity contribution < 1.29 is 17.9 Å². The molecule has 7 heteroatoms. The SMILES string of the molecule is COc1ccc(S(=O)(=O)N2CCC(C(=O)NC(C)c3ccc4c(c3)CCC4)CC2)cc1. The molecule has 31 heavy (non-hydrogen) atoms. The average Bonchev–Trinajstić information content (AvgIpc) is 3.27. The third-order valence-corrected chi connectivity index (χ3v) is 8.42. The largest absolute Gasteiger partial charge is 0.497 e. The highest BCUT2D eigenvalue weighted by Crippen LogP contribution is 2.28. The number of hydrogen-bond acceptors (Lipinski definition) is 4. The van der Waals surface area contributed by atoms with Crippen LogP contribution in [0.1, 0.15) is 48.9 Å². The Morgan fingerprint density at radius 3 is 2.42 bits per heavy atom. The second kappa shape index (κ2) is 9.01. The minimum absolute atomic E-state index is 0.00879. The Morgan fingerprint density at radius 2 is 1.74 bits per heavy atom. The van der Waals surface area contributed by atoms with Gasteiger partial charge >= 0.3 is 0 Å². The van der Waals surface area contributed by atoms with Gasteiger partial charge in [0, 0.05) is 19.0 Å². The van der Waals surface area contributed by atoms with Crippen molar-refractivity contribution in [2.45, 2.75) is 50.0 Å². The molecule has 1 saturated heterocycles. The summed E-state index contributed by atoms with van der Waals surface area (Å²) in [5, 5.41) is 3.13. The highest BCUT2D eigenvalue weighted by atomic mass is 32.2. The first-order valence-electron chi connectivity index (χ1n) is 10.9. The van der Waals surface area contributed by atoms with E-state index < -0.39 is 10.0 Å². The van der Waals surface area contributed by atoms with Gasteiger partial charge in [-0.3, -0.25) is 4.79 Å². The standard InChI is InChI=1S/C24H30N2O4S/c1-17(20-7-6-18-4-3-5-21(18)16-20)25-24(27)19-12-14-26(15-13-19)31(28,29)23-10-8-22(30-2)9-11-23/h6-11,16-17,19H,3-5,12-15H2,1-2H3,(H,25,27). The van der Waals surface area contributed by atoms with Gasteiger partial charge in [0.1, 0.15) is 5.75 Å². The number of aryl methyl sites for hydroxylation is 2. The Bertz CT molecular complexity index is 1040. The summed E-state index contributed by atoms with van der Waals surface area (Å²) in [6.07, 6.45) is 4.52.